The van der Waals surface area contributed by atoms with Crippen molar-refractivity contribution in [2.45, 2.75) is 75.5 Å². The molecule has 3 N–H and O–H groups in total. The summed E-state index contributed by atoms with van der Waals surface area (Å²) in [7, 11) is -9.89. The molecule has 2 fully saturated rings. The molecule has 3 radical (unpaired) electrons. The van der Waals surface area contributed by atoms with Gasteiger partial charge in [0.25, 0.3) is 0 Å². The van der Waals surface area contributed by atoms with Crippen LogP contribution in [0.5, 0.6) is 23.0 Å². The summed E-state index contributed by atoms with van der Waals surface area (Å²) in [4.78, 5) is 18.5. The maximum absolute atomic E-state index is 11.8. The van der Waals surface area contributed by atoms with E-state index < -0.39 is 20.5 Å². The maximum Gasteiger partial charge on any atom is 2.00 e. The number of hydrogen-bond acceptors (Lipinski definition) is 16. The Kier molecular flexibility index (Phi) is 30.7. The predicted molar refractivity (Wildman–Crippen MR) is 191 cm³/mol. The van der Waals surface area contributed by atoms with Gasteiger partial charge in [-0.3, -0.25) is 20.0 Å². The Hall–Kier alpha value is -3.46. The van der Waals surface area contributed by atoms with Crippen LogP contribution in [0.1, 0.15) is 73.6 Å². The number of hydrogen-bond donors (Lipinski definition) is 0. The van der Waals surface area contributed by atoms with Crippen molar-refractivity contribution in [3.8, 4) is 23.0 Å². The van der Waals surface area contributed by atoms with Crippen LogP contribution >= 0.6 is 0 Å². The Balaban J connectivity index is 0. The third-order valence-electron chi connectivity index (χ3n) is 8.68. The second kappa shape index (κ2) is 31.4. The Labute approximate surface area is 395 Å². The van der Waals surface area contributed by atoms with Gasteiger partial charge in [-0.15, -0.1) is 43.5 Å². The van der Waals surface area contributed by atoms with Crippen molar-refractivity contribution in [1.29, 1.82) is 0 Å². The number of halogens is 2. The first-order chi connectivity index (χ1) is 27.5. The fourth-order valence-electron chi connectivity index (χ4n) is 5.93. The van der Waals surface area contributed by atoms with E-state index in [1.165, 1.54) is 0 Å². The van der Waals surface area contributed by atoms with Crippen LogP contribution in [0.15, 0.2) is 117 Å². The Morgan fingerprint density at radius 1 is 0.355 bits per heavy atom. The topological polar surface area (TPSA) is 359 Å². The van der Waals surface area contributed by atoms with E-state index in [1.807, 2.05) is 24.3 Å². The molecular formula is C40H43Cl2Cu3N4O13+. The third kappa shape index (κ3) is 25.6. The minimum atomic E-state index is -4.94. The Bertz CT molecular complexity index is 1690. The molecule has 0 spiro atoms. The van der Waals surface area contributed by atoms with Crippen molar-refractivity contribution in [3.63, 3.8) is 0 Å². The van der Waals surface area contributed by atoms with E-state index in [-0.39, 0.29) is 104 Å². The average Bonchev–Trinajstić information content (AvgIpc) is 3.16. The summed E-state index contributed by atoms with van der Waals surface area (Å²) in [6, 6.07) is 27.8. The Morgan fingerprint density at radius 2 is 0.516 bits per heavy atom. The molecule has 0 amide bonds. The normalized spacial score (nSPS) is 18.6. The zero-order valence-electron chi connectivity index (χ0n) is 32.4. The summed E-state index contributed by atoms with van der Waals surface area (Å²) in [6.07, 6.45) is 15.0. The quantitative estimate of drug-likeness (QED) is 0.0909. The fourth-order valence-corrected chi connectivity index (χ4v) is 5.93. The van der Waals surface area contributed by atoms with Gasteiger partial charge < -0.3 is 25.9 Å². The molecule has 6 rings (SSSR count). The van der Waals surface area contributed by atoms with Crippen LogP contribution in [0.25, 0.3) is 0 Å². The molecule has 0 aliphatic heterocycles. The second-order valence-electron chi connectivity index (χ2n) is 12.9. The molecule has 0 saturated heterocycles. The van der Waals surface area contributed by atoms with E-state index in [1.54, 1.807) is 97.7 Å². The molecule has 347 valence electrons. The summed E-state index contributed by atoms with van der Waals surface area (Å²) in [5, 5.41) is 47.1. The predicted octanol–water partition coefficient (Wildman–Crippen LogP) is -5.08. The molecule has 0 heterocycles. The van der Waals surface area contributed by atoms with Crippen molar-refractivity contribution in [2.75, 3.05) is 0 Å². The third-order valence-corrected chi connectivity index (χ3v) is 8.68. The van der Waals surface area contributed by atoms with Gasteiger partial charge in [0.2, 0.25) is 0 Å². The minimum absolute atomic E-state index is 0. The van der Waals surface area contributed by atoms with Crippen molar-refractivity contribution < 1.29 is 135 Å². The molecule has 0 unspecified atom stereocenters. The van der Waals surface area contributed by atoms with Crippen molar-refractivity contribution in [1.82, 2.24) is 0 Å². The van der Waals surface area contributed by atoms with Gasteiger partial charge in [0.1, 0.15) is 0 Å². The smallest absolute Gasteiger partial charge is 0.872 e. The Morgan fingerprint density at radius 3 is 0.677 bits per heavy atom. The average molecular weight is 1050 g/mol. The minimum Gasteiger partial charge on any atom is -0.872 e. The molecule has 4 atom stereocenters. The molecule has 2 aliphatic carbocycles. The molecule has 17 nitrogen and oxygen atoms in total. The van der Waals surface area contributed by atoms with Gasteiger partial charge in [-0.1, -0.05) is 123 Å². The van der Waals surface area contributed by atoms with Crippen LogP contribution in [-0.4, -0.2) is 49.0 Å². The van der Waals surface area contributed by atoms with Gasteiger partial charge in [-0.25, -0.2) is 37.3 Å². The monoisotopic (exact) mass is 1050 g/mol. The number of aliphatic imine (C=N–C) groups is 4. The summed E-state index contributed by atoms with van der Waals surface area (Å²) in [5.74, 6) is -0.0652. The standard InChI is InChI=1S/2C20H22N2O2.2ClHO4.3Cu.H2O/c2*23-19-11-5-1-7-15(19)13-21-17-9-3-4-10-18(17)22-14-16-8-2-6-12-20(16)24;2*2-1(3,4)5;;;;/h2*1-2,5-8,11-14,17-18,23-24H,3-4,9-10H2;2*(H,2,3,4,5);;;;1H2/q;;;;3*+2;/p-5/t2*17-,18-;;;;;;/m00....../s1. The number of nitrogens with zero attached hydrogens (tertiary/aromatic N) is 4. The largest absolute Gasteiger partial charge is 2.00 e. The molecule has 4 aromatic carbocycles. The number of para-hydroxylation sites is 4. The second-order valence-corrected chi connectivity index (χ2v) is 14.4. The molecule has 2 saturated carbocycles. The van der Waals surface area contributed by atoms with E-state index in [0.717, 1.165) is 51.4 Å². The van der Waals surface area contributed by atoms with Crippen LogP contribution in [0.2, 0.25) is 0 Å². The first-order valence-electron chi connectivity index (χ1n) is 17.9. The van der Waals surface area contributed by atoms with Gasteiger partial charge >= 0.3 is 51.2 Å². The molecule has 2 aliphatic rings. The van der Waals surface area contributed by atoms with Crippen LogP contribution < -0.4 is 57.7 Å². The van der Waals surface area contributed by atoms with Crippen LogP contribution in [0, 0.1) is 20.5 Å². The summed E-state index contributed by atoms with van der Waals surface area (Å²) < 4.78 is 67.9. The maximum atomic E-state index is 11.8. The molecule has 22 heteroatoms. The fraction of sp³-hybridized carbons (Fsp3) is 0.300. The van der Waals surface area contributed by atoms with Crippen LogP contribution in [-0.2, 0) is 56.7 Å². The van der Waals surface area contributed by atoms with Crippen molar-refractivity contribution >= 4 is 24.9 Å². The zero-order chi connectivity index (χ0) is 42.6. The van der Waals surface area contributed by atoms with E-state index in [2.05, 4.69) is 20.0 Å². The van der Waals surface area contributed by atoms with E-state index in [4.69, 9.17) is 37.3 Å². The van der Waals surface area contributed by atoms with Gasteiger partial charge in [-0.05, 0) is 47.9 Å². The van der Waals surface area contributed by atoms with Crippen molar-refractivity contribution in [2.24, 2.45) is 20.0 Å². The molecule has 0 bridgehead atoms. The van der Waals surface area contributed by atoms with Crippen LogP contribution in [0.4, 0.5) is 0 Å². The van der Waals surface area contributed by atoms with Crippen molar-refractivity contribution in [3.05, 3.63) is 119 Å². The zero-order valence-corrected chi connectivity index (χ0v) is 36.8. The first kappa shape index (κ1) is 60.6. The first-order valence-corrected chi connectivity index (χ1v) is 20.3. The van der Waals surface area contributed by atoms with Gasteiger partial charge in [-0.2, -0.15) is 0 Å². The SMILES string of the molecule is [Cu+2].[Cu+2].[Cu+2].[O-][Cl+3]([O-])([O-])[O-].[O-][Cl+3]([O-])([O-])[O-].[O-]c1ccccc1C=N[C@H]1CCCC[C@@H]1N=Cc1ccccc1[O-].[O-]c1ccccc1C=N[C@H]1CCCC[C@@H]1N=Cc1ccccc1[O-].[OH3+]. The molecule has 62 heavy (non-hydrogen) atoms. The van der Waals surface area contributed by atoms with Gasteiger partial charge in [0.05, 0.1) is 24.2 Å². The van der Waals surface area contributed by atoms with E-state index >= 15 is 0 Å². The van der Waals surface area contributed by atoms with Gasteiger partial charge in [0.15, 0.2) is 0 Å². The molecular weight excluding hydrogens is 1010 g/mol. The summed E-state index contributed by atoms with van der Waals surface area (Å²) in [6.45, 7) is 0. The molecule has 4 aromatic rings. The van der Waals surface area contributed by atoms with Gasteiger partial charge in [0, 0.05) is 24.9 Å². The van der Waals surface area contributed by atoms with E-state index in [0.29, 0.717) is 22.3 Å². The number of benzene rings is 4. The summed E-state index contributed by atoms with van der Waals surface area (Å²) >= 11 is 0. The number of rotatable bonds is 8. The van der Waals surface area contributed by atoms with Crippen LogP contribution in [0.3, 0.4) is 0 Å². The summed E-state index contributed by atoms with van der Waals surface area (Å²) in [5.41, 5.74) is 2.43. The molecule has 0 aromatic heterocycles. The van der Waals surface area contributed by atoms with E-state index in [9.17, 15) is 20.4 Å².